The molecule has 2 unspecified atom stereocenters. The van der Waals surface area contributed by atoms with E-state index in [4.69, 9.17) is 5.73 Å². The molecule has 3 atom stereocenters. The summed E-state index contributed by atoms with van der Waals surface area (Å²) in [7, 11) is 0. The Labute approximate surface area is 82.4 Å². The normalized spacial score (nSPS) is 38.8. The van der Waals surface area contributed by atoms with Crippen LogP contribution in [0.15, 0.2) is 12.2 Å². The van der Waals surface area contributed by atoms with E-state index in [2.05, 4.69) is 26.0 Å². The Hall–Kier alpha value is -0.300. The molecule has 0 saturated carbocycles. The van der Waals surface area contributed by atoms with Gasteiger partial charge in [0.05, 0.1) is 0 Å². The van der Waals surface area contributed by atoms with Crippen molar-refractivity contribution in [3.05, 3.63) is 12.2 Å². The highest BCUT2D eigenvalue weighted by atomic mass is 14.6. The third-order valence-electron chi connectivity index (χ3n) is 3.11. The summed E-state index contributed by atoms with van der Waals surface area (Å²) in [4.78, 5) is 0. The predicted molar refractivity (Wildman–Crippen MR) is 58.5 cm³/mol. The van der Waals surface area contributed by atoms with Crippen LogP contribution in [-0.4, -0.2) is 6.04 Å². The molecule has 0 heterocycles. The highest BCUT2D eigenvalue weighted by Crippen LogP contribution is 2.23. The maximum absolute atomic E-state index is 5.97. The average Bonchev–Trinajstić information content (AvgIpc) is 2.19. The lowest BCUT2D eigenvalue weighted by Crippen LogP contribution is -2.19. The molecule has 1 aliphatic rings. The van der Waals surface area contributed by atoms with E-state index in [1.807, 2.05) is 0 Å². The molecule has 13 heavy (non-hydrogen) atoms. The minimum absolute atomic E-state index is 0.398. The quantitative estimate of drug-likeness (QED) is 0.618. The van der Waals surface area contributed by atoms with E-state index in [0.29, 0.717) is 6.04 Å². The summed E-state index contributed by atoms with van der Waals surface area (Å²) < 4.78 is 0. The van der Waals surface area contributed by atoms with Crippen molar-refractivity contribution in [3.8, 4) is 0 Å². The Balaban J connectivity index is 2.51. The largest absolute Gasteiger partial charge is 0.327 e. The molecule has 2 N–H and O–H groups in total. The van der Waals surface area contributed by atoms with Gasteiger partial charge in [0.1, 0.15) is 0 Å². The highest BCUT2D eigenvalue weighted by Gasteiger charge is 2.12. The Kier molecular flexibility index (Phi) is 4.51. The molecule has 0 amide bonds. The van der Waals surface area contributed by atoms with Gasteiger partial charge in [0.2, 0.25) is 0 Å². The second-order valence-corrected chi connectivity index (χ2v) is 4.51. The van der Waals surface area contributed by atoms with Crippen LogP contribution < -0.4 is 5.73 Å². The molecule has 0 saturated heterocycles. The fraction of sp³-hybridized carbons (Fsp3) is 0.833. The zero-order chi connectivity index (χ0) is 9.68. The van der Waals surface area contributed by atoms with Gasteiger partial charge in [0.25, 0.3) is 0 Å². The van der Waals surface area contributed by atoms with Crippen LogP contribution in [0.3, 0.4) is 0 Å². The first-order valence-corrected chi connectivity index (χ1v) is 5.64. The van der Waals surface area contributed by atoms with Crippen molar-refractivity contribution in [2.75, 3.05) is 0 Å². The van der Waals surface area contributed by atoms with E-state index >= 15 is 0 Å². The molecule has 0 bridgehead atoms. The maximum Gasteiger partial charge on any atom is 0.00735 e. The molecule has 0 aromatic heterocycles. The van der Waals surface area contributed by atoms with Gasteiger partial charge in [-0.3, -0.25) is 0 Å². The average molecular weight is 181 g/mol. The molecule has 0 aromatic rings. The zero-order valence-corrected chi connectivity index (χ0v) is 9.00. The molecule has 1 aliphatic carbocycles. The van der Waals surface area contributed by atoms with Gasteiger partial charge < -0.3 is 5.73 Å². The van der Waals surface area contributed by atoms with Gasteiger partial charge in [-0.25, -0.2) is 0 Å². The first-order valence-electron chi connectivity index (χ1n) is 5.64. The van der Waals surface area contributed by atoms with Gasteiger partial charge >= 0.3 is 0 Å². The molecule has 0 aromatic carbocycles. The number of hydrogen-bond donors (Lipinski definition) is 1. The SMILES string of the molecule is CCC1/C=C\C[C@@H](N)CCC(C)C1. The third kappa shape index (κ3) is 3.95. The summed E-state index contributed by atoms with van der Waals surface area (Å²) in [6.45, 7) is 4.63. The van der Waals surface area contributed by atoms with Crippen molar-refractivity contribution in [2.45, 2.75) is 52.0 Å². The van der Waals surface area contributed by atoms with Gasteiger partial charge in [0, 0.05) is 6.04 Å². The van der Waals surface area contributed by atoms with Gasteiger partial charge in [0.15, 0.2) is 0 Å². The van der Waals surface area contributed by atoms with Gasteiger partial charge in [-0.15, -0.1) is 0 Å². The fourth-order valence-electron chi connectivity index (χ4n) is 2.08. The van der Waals surface area contributed by atoms with Crippen LogP contribution in [0.4, 0.5) is 0 Å². The fourth-order valence-corrected chi connectivity index (χ4v) is 2.08. The van der Waals surface area contributed by atoms with Gasteiger partial charge in [-0.2, -0.15) is 0 Å². The number of rotatable bonds is 1. The molecular weight excluding hydrogens is 158 g/mol. The van der Waals surface area contributed by atoms with Crippen molar-refractivity contribution in [2.24, 2.45) is 17.6 Å². The summed E-state index contributed by atoms with van der Waals surface area (Å²) >= 11 is 0. The molecule has 0 radical (unpaired) electrons. The topological polar surface area (TPSA) is 26.0 Å². The van der Waals surface area contributed by atoms with Crippen LogP contribution in [0.5, 0.6) is 0 Å². The third-order valence-corrected chi connectivity index (χ3v) is 3.11. The minimum atomic E-state index is 0.398. The summed E-state index contributed by atoms with van der Waals surface area (Å²) in [5.74, 6) is 1.64. The number of allylic oxidation sites excluding steroid dienone is 1. The van der Waals surface area contributed by atoms with Crippen LogP contribution in [-0.2, 0) is 0 Å². The van der Waals surface area contributed by atoms with E-state index in [-0.39, 0.29) is 0 Å². The molecule has 1 heteroatoms. The van der Waals surface area contributed by atoms with Gasteiger partial charge in [-0.05, 0) is 43.9 Å². The van der Waals surface area contributed by atoms with E-state index in [1.54, 1.807) is 0 Å². The van der Waals surface area contributed by atoms with Crippen LogP contribution >= 0.6 is 0 Å². The summed E-state index contributed by atoms with van der Waals surface area (Å²) in [6.07, 6.45) is 10.9. The van der Waals surface area contributed by atoms with Gasteiger partial charge in [-0.1, -0.05) is 26.0 Å². The Morgan fingerprint density at radius 1 is 1.38 bits per heavy atom. The van der Waals surface area contributed by atoms with Crippen LogP contribution in [0.1, 0.15) is 46.0 Å². The lowest BCUT2D eigenvalue weighted by Gasteiger charge is -2.16. The van der Waals surface area contributed by atoms with Crippen LogP contribution in [0, 0.1) is 11.8 Å². The smallest absolute Gasteiger partial charge is 0.00735 e. The lowest BCUT2D eigenvalue weighted by atomic mass is 9.91. The molecule has 1 nitrogen and oxygen atoms in total. The molecular formula is C12H23N. The molecule has 0 spiro atoms. The molecule has 1 rings (SSSR count). The number of nitrogens with two attached hydrogens (primary N) is 1. The Morgan fingerprint density at radius 3 is 2.85 bits per heavy atom. The van der Waals surface area contributed by atoms with Crippen LogP contribution in [0.2, 0.25) is 0 Å². The molecule has 0 aliphatic heterocycles. The number of hydrogen-bond acceptors (Lipinski definition) is 1. The van der Waals surface area contributed by atoms with Crippen molar-refractivity contribution in [3.63, 3.8) is 0 Å². The van der Waals surface area contributed by atoms with Crippen LogP contribution in [0.25, 0.3) is 0 Å². The van der Waals surface area contributed by atoms with E-state index in [0.717, 1.165) is 18.3 Å². The summed E-state index contributed by atoms with van der Waals surface area (Å²) in [6, 6.07) is 0.398. The molecule has 0 fully saturated rings. The van der Waals surface area contributed by atoms with Crippen molar-refractivity contribution >= 4 is 0 Å². The second kappa shape index (κ2) is 5.43. The second-order valence-electron chi connectivity index (χ2n) is 4.51. The Bertz CT molecular complexity index is 163. The summed E-state index contributed by atoms with van der Waals surface area (Å²) in [5, 5.41) is 0. The van der Waals surface area contributed by atoms with Crippen molar-refractivity contribution in [1.82, 2.24) is 0 Å². The minimum Gasteiger partial charge on any atom is -0.327 e. The standard InChI is InChI=1S/C12H23N/c1-3-11-5-4-6-12(13)8-7-10(2)9-11/h4-5,10-12H,3,6-9,13H2,1-2H3/b5-4-/t10?,11?,12-/m1/s1. The predicted octanol–water partition coefficient (Wildman–Crippen LogP) is 3.11. The van der Waals surface area contributed by atoms with Crippen molar-refractivity contribution in [1.29, 1.82) is 0 Å². The van der Waals surface area contributed by atoms with E-state index < -0.39 is 0 Å². The van der Waals surface area contributed by atoms with E-state index in [9.17, 15) is 0 Å². The molecule has 76 valence electrons. The first-order chi connectivity index (χ1) is 6.22. The highest BCUT2D eigenvalue weighted by molar-refractivity contribution is 4.92. The van der Waals surface area contributed by atoms with E-state index in [1.165, 1.54) is 25.7 Å². The zero-order valence-electron chi connectivity index (χ0n) is 9.00. The van der Waals surface area contributed by atoms with Crippen molar-refractivity contribution < 1.29 is 0 Å². The first kappa shape index (κ1) is 10.8. The summed E-state index contributed by atoms with van der Waals surface area (Å²) in [5.41, 5.74) is 5.97. The maximum atomic E-state index is 5.97. The Morgan fingerprint density at radius 2 is 2.15 bits per heavy atom. The monoisotopic (exact) mass is 181 g/mol. The lowest BCUT2D eigenvalue weighted by molar-refractivity contribution is 0.397.